The van der Waals surface area contributed by atoms with Gasteiger partial charge < -0.3 is 15.2 Å². The summed E-state index contributed by atoms with van der Waals surface area (Å²) in [7, 11) is 0. The highest BCUT2D eigenvalue weighted by atomic mass is 32.2. The highest BCUT2D eigenvalue weighted by molar-refractivity contribution is 7.99. The number of nitrogens with one attached hydrogen (secondary N) is 1. The molecule has 1 unspecified atom stereocenters. The lowest BCUT2D eigenvalue weighted by Gasteiger charge is -2.17. The Labute approximate surface area is 214 Å². The van der Waals surface area contributed by atoms with Crippen LogP contribution in [0.25, 0.3) is 11.1 Å². The van der Waals surface area contributed by atoms with E-state index in [-0.39, 0.29) is 12.5 Å². The number of ether oxygens (including phenoxy) is 1. The van der Waals surface area contributed by atoms with Crippen molar-refractivity contribution in [1.82, 2.24) is 5.32 Å². The molecule has 2 aromatic rings. The number of benzene rings is 2. The van der Waals surface area contributed by atoms with E-state index in [1.165, 1.54) is 44.9 Å². The Morgan fingerprint density at radius 3 is 2.06 bits per heavy atom. The molecule has 1 aliphatic rings. The van der Waals surface area contributed by atoms with Crippen molar-refractivity contribution in [3.05, 3.63) is 59.7 Å². The molecule has 3 rings (SSSR count). The van der Waals surface area contributed by atoms with Crippen LogP contribution in [-0.4, -0.2) is 41.3 Å². The highest BCUT2D eigenvalue weighted by Crippen LogP contribution is 2.44. The van der Waals surface area contributed by atoms with E-state index in [0.29, 0.717) is 12.2 Å². The number of carboxylic acid groups (broad SMARTS) is 1. The minimum absolute atomic E-state index is 0.0429. The second-order valence-corrected chi connectivity index (χ2v) is 10.5. The zero-order chi connectivity index (χ0) is 24.9. The zero-order valence-corrected chi connectivity index (χ0v) is 21.7. The van der Waals surface area contributed by atoms with Gasteiger partial charge in [0, 0.05) is 5.92 Å². The van der Waals surface area contributed by atoms with Gasteiger partial charge in [0.15, 0.2) is 0 Å². The van der Waals surface area contributed by atoms with Crippen molar-refractivity contribution in [3.8, 4) is 11.1 Å². The molecule has 2 N–H and O–H groups in total. The van der Waals surface area contributed by atoms with Gasteiger partial charge in [-0.05, 0) is 46.6 Å². The molecule has 0 fully saturated rings. The maximum Gasteiger partial charge on any atom is 0.407 e. The van der Waals surface area contributed by atoms with E-state index in [2.05, 4.69) is 36.5 Å². The summed E-state index contributed by atoms with van der Waals surface area (Å²) in [6.07, 6.45) is 10.0. The lowest BCUT2D eigenvalue weighted by Crippen LogP contribution is -2.41. The fourth-order valence-corrected chi connectivity index (χ4v) is 5.70. The number of amides is 1. The van der Waals surface area contributed by atoms with E-state index >= 15 is 0 Å². The largest absolute Gasteiger partial charge is 0.480 e. The van der Waals surface area contributed by atoms with Gasteiger partial charge in [0.05, 0.1) is 0 Å². The molecule has 5 nitrogen and oxygen atoms in total. The molecular formula is C29H39NO4S. The maximum atomic E-state index is 12.4. The van der Waals surface area contributed by atoms with Gasteiger partial charge >= 0.3 is 12.1 Å². The van der Waals surface area contributed by atoms with Crippen LogP contribution in [0.2, 0.25) is 0 Å². The van der Waals surface area contributed by atoms with Crippen molar-refractivity contribution in [2.24, 2.45) is 0 Å². The molecule has 0 spiro atoms. The predicted octanol–water partition coefficient (Wildman–Crippen LogP) is 7.24. The third kappa shape index (κ3) is 8.31. The molecule has 1 amide bonds. The zero-order valence-electron chi connectivity index (χ0n) is 20.8. The summed E-state index contributed by atoms with van der Waals surface area (Å²) in [6, 6.07) is 15.4. The lowest BCUT2D eigenvalue weighted by molar-refractivity contribution is -0.139. The van der Waals surface area contributed by atoms with Crippen molar-refractivity contribution >= 4 is 23.8 Å². The maximum absolute atomic E-state index is 12.4. The number of thioether (sulfide) groups is 1. The molecule has 0 saturated heterocycles. The van der Waals surface area contributed by atoms with Crippen LogP contribution in [0.4, 0.5) is 4.79 Å². The van der Waals surface area contributed by atoms with Crippen LogP contribution in [0.15, 0.2) is 48.5 Å². The fraction of sp³-hybridized carbons (Fsp3) is 0.517. The minimum Gasteiger partial charge on any atom is -0.480 e. The molecule has 0 bridgehead atoms. The number of fused-ring (bicyclic) bond motifs is 3. The number of carboxylic acids is 1. The smallest absolute Gasteiger partial charge is 0.407 e. The van der Waals surface area contributed by atoms with E-state index < -0.39 is 18.1 Å². The molecule has 2 aromatic carbocycles. The van der Waals surface area contributed by atoms with Crippen LogP contribution < -0.4 is 5.32 Å². The Kier molecular flexibility index (Phi) is 11.5. The Morgan fingerprint density at radius 2 is 1.46 bits per heavy atom. The molecule has 0 aliphatic heterocycles. The third-order valence-electron chi connectivity index (χ3n) is 6.63. The van der Waals surface area contributed by atoms with Gasteiger partial charge in [0.2, 0.25) is 0 Å². The van der Waals surface area contributed by atoms with Gasteiger partial charge in [-0.2, -0.15) is 11.8 Å². The topological polar surface area (TPSA) is 75.6 Å². The number of aliphatic carboxylic acids is 1. The fourth-order valence-electron chi connectivity index (χ4n) is 4.68. The molecule has 6 heteroatoms. The molecule has 0 aromatic heterocycles. The van der Waals surface area contributed by atoms with Gasteiger partial charge in [0.1, 0.15) is 12.6 Å². The Balaban J connectivity index is 1.36. The standard InChI is InChI=1S/C29H39NO4S/c1-2-3-4-5-6-7-8-13-19-35-20-18-27(28(31)32)30-29(33)34-21-26-24-16-11-9-14-22(24)23-15-10-12-17-25(23)26/h9-12,14-17,26-27H,2-8,13,18-21H2,1H3,(H,30,33)(H,31,32). The number of hydrogen-bond donors (Lipinski definition) is 2. The van der Waals surface area contributed by atoms with Crippen LogP contribution in [0, 0.1) is 0 Å². The third-order valence-corrected chi connectivity index (χ3v) is 7.73. The molecule has 0 radical (unpaired) electrons. The van der Waals surface area contributed by atoms with Crippen molar-refractivity contribution < 1.29 is 19.4 Å². The SMILES string of the molecule is CCCCCCCCCCSCCC(NC(=O)OCC1c2ccccc2-c2ccccc21)C(=O)O. The number of rotatable bonds is 16. The minimum atomic E-state index is -1.02. The molecule has 1 aliphatic carbocycles. The van der Waals surface area contributed by atoms with Crippen molar-refractivity contribution in [1.29, 1.82) is 0 Å². The average Bonchev–Trinajstić information content (AvgIpc) is 3.19. The van der Waals surface area contributed by atoms with Crippen LogP contribution in [-0.2, 0) is 9.53 Å². The number of alkyl carbamates (subject to hydrolysis) is 1. The monoisotopic (exact) mass is 497 g/mol. The summed E-state index contributed by atoms with van der Waals surface area (Å²) in [5, 5.41) is 12.1. The molecule has 1 atom stereocenters. The normalized spacial score (nSPS) is 13.2. The van der Waals surface area contributed by atoms with Gasteiger partial charge in [-0.25, -0.2) is 9.59 Å². The first-order valence-electron chi connectivity index (χ1n) is 13.0. The Morgan fingerprint density at radius 1 is 0.886 bits per heavy atom. The second-order valence-electron chi connectivity index (χ2n) is 9.24. The van der Waals surface area contributed by atoms with Crippen molar-refractivity contribution in [2.45, 2.75) is 76.7 Å². The molecule has 35 heavy (non-hydrogen) atoms. The van der Waals surface area contributed by atoms with Crippen LogP contribution in [0.5, 0.6) is 0 Å². The van der Waals surface area contributed by atoms with Crippen LogP contribution in [0.1, 0.15) is 81.8 Å². The Bertz CT molecular complexity index is 902. The van der Waals surface area contributed by atoms with Crippen molar-refractivity contribution in [3.63, 3.8) is 0 Å². The van der Waals surface area contributed by atoms with Gasteiger partial charge in [-0.3, -0.25) is 0 Å². The number of unbranched alkanes of at least 4 members (excludes halogenated alkanes) is 7. The molecule has 0 heterocycles. The molecule has 0 saturated carbocycles. The average molecular weight is 498 g/mol. The predicted molar refractivity (Wildman–Crippen MR) is 144 cm³/mol. The van der Waals surface area contributed by atoms with E-state index in [9.17, 15) is 14.7 Å². The number of carbonyl (C=O) groups excluding carboxylic acids is 1. The van der Waals surface area contributed by atoms with Gasteiger partial charge in [-0.1, -0.05) is 100 Å². The molecule has 190 valence electrons. The molecular weight excluding hydrogens is 458 g/mol. The van der Waals surface area contributed by atoms with Crippen LogP contribution in [0.3, 0.4) is 0 Å². The first-order valence-corrected chi connectivity index (χ1v) is 14.2. The second kappa shape index (κ2) is 14.8. The van der Waals surface area contributed by atoms with E-state index in [4.69, 9.17) is 4.74 Å². The van der Waals surface area contributed by atoms with Gasteiger partial charge in [-0.15, -0.1) is 0 Å². The van der Waals surface area contributed by atoms with Gasteiger partial charge in [0.25, 0.3) is 0 Å². The summed E-state index contributed by atoms with van der Waals surface area (Å²) in [5.41, 5.74) is 4.59. The lowest BCUT2D eigenvalue weighted by atomic mass is 9.98. The first kappa shape index (κ1) is 27.1. The first-order chi connectivity index (χ1) is 17.1. The summed E-state index contributed by atoms with van der Waals surface area (Å²) >= 11 is 1.76. The van der Waals surface area contributed by atoms with E-state index in [1.807, 2.05) is 24.3 Å². The number of hydrogen-bond acceptors (Lipinski definition) is 4. The quantitative estimate of drug-likeness (QED) is 0.239. The van der Waals surface area contributed by atoms with E-state index in [1.54, 1.807) is 11.8 Å². The number of carbonyl (C=O) groups is 2. The highest BCUT2D eigenvalue weighted by Gasteiger charge is 2.29. The summed E-state index contributed by atoms with van der Waals surface area (Å²) in [6.45, 7) is 2.42. The Hall–Kier alpha value is -2.47. The van der Waals surface area contributed by atoms with Crippen LogP contribution >= 0.6 is 11.8 Å². The summed E-state index contributed by atoms with van der Waals surface area (Å²) in [4.78, 5) is 24.1. The van der Waals surface area contributed by atoms with Crippen molar-refractivity contribution in [2.75, 3.05) is 18.1 Å². The summed E-state index contributed by atoms with van der Waals surface area (Å²) in [5.74, 6) is 0.674. The summed E-state index contributed by atoms with van der Waals surface area (Å²) < 4.78 is 5.51. The van der Waals surface area contributed by atoms with E-state index in [0.717, 1.165) is 34.4 Å².